The number of nitrogens with one attached hydrogen (secondary N) is 2. The lowest BCUT2D eigenvalue weighted by molar-refractivity contribution is 0.102. The third kappa shape index (κ3) is 2.91. The Labute approximate surface area is 153 Å². The molecule has 0 spiro atoms. The summed E-state index contributed by atoms with van der Waals surface area (Å²) >= 11 is 0. The highest BCUT2D eigenvalue weighted by Crippen LogP contribution is 2.30. The number of anilines is 1. The number of nitriles is 1. The van der Waals surface area contributed by atoms with Crippen LogP contribution < -0.4 is 5.32 Å². The summed E-state index contributed by atoms with van der Waals surface area (Å²) in [7, 11) is 0. The molecule has 0 saturated heterocycles. The Morgan fingerprint density at radius 2 is 2.11 bits per heavy atom. The molecule has 132 valence electrons. The van der Waals surface area contributed by atoms with Gasteiger partial charge in [-0.3, -0.25) is 9.89 Å². The zero-order chi connectivity index (χ0) is 19.0. The quantitative estimate of drug-likeness (QED) is 0.579. The molecule has 0 fully saturated rings. The Morgan fingerprint density at radius 1 is 1.26 bits per heavy atom. The van der Waals surface area contributed by atoms with E-state index >= 15 is 0 Å². The smallest absolute Gasteiger partial charge is 0.274 e. The fraction of sp³-hybridized carbons (Fsp3) is 0.105. The van der Waals surface area contributed by atoms with Crippen LogP contribution in [0.2, 0.25) is 0 Å². The second-order valence-corrected chi connectivity index (χ2v) is 6.08. The monoisotopic (exact) mass is 358 g/mol. The van der Waals surface area contributed by atoms with Crippen molar-refractivity contribution in [2.45, 2.75) is 13.8 Å². The summed E-state index contributed by atoms with van der Waals surface area (Å²) in [6.07, 6.45) is 2.99. The third-order valence-corrected chi connectivity index (χ3v) is 4.25. The van der Waals surface area contributed by atoms with Gasteiger partial charge in [0.2, 0.25) is 0 Å². The number of aromatic amines is 1. The lowest BCUT2D eigenvalue weighted by Gasteiger charge is -2.07. The number of H-pyrrole nitrogens is 1. The number of pyridine rings is 1. The van der Waals surface area contributed by atoms with E-state index in [-0.39, 0.29) is 11.6 Å². The van der Waals surface area contributed by atoms with E-state index in [9.17, 15) is 4.79 Å². The number of amides is 1. The van der Waals surface area contributed by atoms with E-state index in [1.807, 2.05) is 25.1 Å². The van der Waals surface area contributed by atoms with Crippen LogP contribution >= 0.6 is 0 Å². The molecule has 0 saturated carbocycles. The summed E-state index contributed by atoms with van der Waals surface area (Å²) in [5.41, 5.74) is 4.25. The number of aryl methyl sites for hydroxylation is 2. The van der Waals surface area contributed by atoms with Crippen LogP contribution in [0.5, 0.6) is 0 Å². The molecule has 8 heteroatoms. The number of fused-ring (bicyclic) bond motifs is 1. The van der Waals surface area contributed by atoms with Crippen LogP contribution in [0.15, 0.2) is 41.2 Å². The van der Waals surface area contributed by atoms with Gasteiger partial charge in [-0.1, -0.05) is 5.16 Å². The predicted molar refractivity (Wildman–Crippen MR) is 98.0 cm³/mol. The first-order valence-corrected chi connectivity index (χ1v) is 8.14. The highest BCUT2D eigenvalue weighted by molar-refractivity contribution is 6.05. The molecular formula is C19H14N6O2. The highest BCUT2D eigenvalue weighted by Gasteiger charge is 2.16. The van der Waals surface area contributed by atoms with Gasteiger partial charge >= 0.3 is 0 Å². The average molecular weight is 358 g/mol. The number of aromatic nitrogens is 4. The van der Waals surface area contributed by atoms with Gasteiger partial charge in [0.25, 0.3) is 5.91 Å². The summed E-state index contributed by atoms with van der Waals surface area (Å²) in [5.74, 6) is 0.317. The maximum atomic E-state index is 12.6. The van der Waals surface area contributed by atoms with Crippen molar-refractivity contribution >= 4 is 22.5 Å². The summed E-state index contributed by atoms with van der Waals surface area (Å²) in [6.45, 7) is 3.56. The molecule has 4 rings (SSSR count). The molecule has 1 aromatic carbocycles. The number of hydrogen-bond acceptors (Lipinski definition) is 6. The van der Waals surface area contributed by atoms with E-state index in [0.717, 1.165) is 16.5 Å². The van der Waals surface area contributed by atoms with Crippen LogP contribution in [0.4, 0.5) is 5.69 Å². The van der Waals surface area contributed by atoms with Crippen molar-refractivity contribution in [3.8, 4) is 17.3 Å². The molecule has 27 heavy (non-hydrogen) atoms. The van der Waals surface area contributed by atoms with Crippen molar-refractivity contribution in [2.75, 3.05) is 5.32 Å². The minimum absolute atomic E-state index is 0.274. The zero-order valence-electron chi connectivity index (χ0n) is 14.6. The molecule has 3 aromatic heterocycles. The molecule has 0 atom stereocenters. The van der Waals surface area contributed by atoms with E-state index < -0.39 is 0 Å². The van der Waals surface area contributed by atoms with Crippen molar-refractivity contribution in [1.82, 2.24) is 20.3 Å². The van der Waals surface area contributed by atoms with Crippen LogP contribution in [-0.4, -0.2) is 26.2 Å². The summed E-state index contributed by atoms with van der Waals surface area (Å²) in [5, 5.41) is 23.7. The minimum Gasteiger partial charge on any atom is -0.361 e. The van der Waals surface area contributed by atoms with Gasteiger partial charge in [0.05, 0.1) is 22.8 Å². The van der Waals surface area contributed by atoms with Crippen molar-refractivity contribution in [2.24, 2.45) is 0 Å². The molecule has 8 nitrogen and oxygen atoms in total. The van der Waals surface area contributed by atoms with Gasteiger partial charge in [-0.05, 0) is 43.7 Å². The Kier molecular flexibility index (Phi) is 3.90. The summed E-state index contributed by atoms with van der Waals surface area (Å²) < 4.78 is 5.12. The second-order valence-electron chi connectivity index (χ2n) is 6.08. The van der Waals surface area contributed by atoms with Crippen molar-refractivity contribution in [3.05, 3.63) is 59.2 Å². The van der Waals surface area contributed by atoms with Gasteiger partial charge in [-0.2, -0.15) is 10.4 Å². The van der Waals surface area contributed by atoms with Crippen molar-refractivity contribution < 1.29 is 9.32 Å². The molecule has 4 aromatic rings. The Hall–Kier alpha value is -3.99. The van der Waals surface area contributed by atoms with Gasteiger partial charge < -0.3 is 9.84 Å². The van der Waals surface area contributed by atoms with Crippen LogP contribution in [0.25, 0.3) is 22.2 Å². The Morgan fingerprint density at radius 3 is 2.81 bits per heavy atom. The first kappa shape index (κ1) is 16.5. The van der Waals surface area contributed by atoms with Crippen LogP contribution in [0.3, 0.4) is 0 Å². The third-order valence-electron chi connectivity index (χ3n) is 4.25. The standard InChI is InChI=1S/C19H14N6O2/c1-10-5-12(7-20)8-21-17(10)19(26)23-13-3-4-16-14(6-13)18(25-24-16)15-9-22-27-11(15)2/h3-6,8-9H,1-2H3,(H,23,26)(H,24,25). The number of benzene rings is 1. The number of rotatable bonds is 3. The molecule has 0 aliphatic rings. The second kappa shape index (κ2) is 6.38. The van der Waals surface area contributed by atoms with E-state index in [2.05, 4.69) is 25.7 Å². The lowest BCUT2D eigenvalue weighted by atomic mass is 10.1. The Balaban J connectivity index is 1.68. The summed E-state index contributed by atoms with van der Waals surface area (Å²) in [4.78, 5) is 16.7. The molecule has 3 heterocycles. The highest BCUT2D eigenvalue weighted by atomic mass is 16.5. The van der Waals surface area contributed by atoms with Gasteiger partial charge in [0.15, 0.2) is 0 Å². The van der Waals surface area contributed by atoms with E-state index in [1.165, 1.54) is 6.20 Å². The number of nitrogens with zero attached hydrogens (tertiary/aromatic N) is 4. The molecule has 1 amide bonds. The average Bonchev–Trinajstić information content (AvgIpc) is 3.26. The van der Waals surface area contributed by atoms with Crippen LogP contribution in [0, 0.1) is 25.2 Å². The lowest BCUT2D eigenvalue weighted by Crippen LogP contribution is -2.15. The van der Waals surface area contributed by atoms with Gasteiger partial charge in [-0.25, -0.2) is 4.98 Å². The topological polar surface area (TPSA) is 120 Å². The van der Waals surface area contributed by atoms with E-state index in [4.69, 9.17) is 9.78 Å². The molecule has 0 aliphatic carbocycles. The molecule has 0 radical (unpaired) electrons. The van der Waals surface area contributed by atoms with Gasteiger partial charge in [0.1, 0.15) is 23.2 Å². The SMILES string of the molecule is Cc1cc(C#N)cnc1C(=O)Nc1ccc2[nH]nc(-c3cnoc3C)c2c1. The maximum Gasteiger partial charge on any atom is 0.274 e. The van der Waals surface area contributed by atoms with Crippen LogP contribution in [-0.2, 0) is 0 Å². The number of hydrogen-bond donors (Lipinski definition) is 2. The predicted octanol–water partition coefficient (Wildman–Crippen LogP) is 3.35. The number of carbonyl (C=O) groups excluding carboxylic acids is 1. The first-order valence-electron chi connectivity index (χ1n) is 8.14. The van der Waals surface area contributed by atoms with E-state index in [1.54, 1.807) is 25.3 Å². The first-order chi connectivity index (χ1) is 13.1. The minimum atomic E-state index is -0.345. The number of carbonyl (C=O) groups is 1. The van der Waals surface area contributed by atoms with Gasteiger partial charge in [0, 0.05) is 17.3 Å². The normalized spacial score (nSPS) is 10.7. The molecule has 0 aliphatic heterocycles. The van der Waals surface area contributed by atoms with E-state index in [0.29, 0.717) is 28.3 Å². The Bertz CT molecular complexity index is 1210. The summed E-state index contributed by atoms with van der Waals surface area (Å²) in [6, 6.07) is 9.09. The fourth-order valence-corrected chi connectivity index (χ4v) is 2.89. The van der Waals surface area contributed by atoms with Crippen LogP contribution in [0.1, 0.15) is 27.4 Å². The molecule has 0 bridgehead atoms. The van der Waals surface area contributed by atoms with Gasteiger partial charge in [-0.15, -0.1) is 0 Å². The molecular weight excluding hydrogens is 344 g/mol. The molecule has 2 N–H and O–H groups in total. The maximum absolute atomic E-state index is 12.6. The van der Waals surface area contributed by atoms with Crippen molar-refractivity contribution in [3.63, 3.8) is 0 Å². The van der Waals surface area contributed by atoms with Crippen molar-refractivity contribution in [1.29, 1.82) is 5.26 Å². The zero-order valence-corrected chi connectivity index (χ0v) is 14.6. The largest absolute Gasteiger partial charge is 0.361 e. The fourth-order valence-electron chi connectivity index (χ4n) is 2.89. The molecule has 0 unspecified atom stereocenters.